The van der Waals surface area contributed by atoms with Crippen molar-refractivity contribution in [2.75, 3.05) is 32.7 Å². The van der Waals surface area contributed by atoms with Crippen molar-refractivity contribution in [3.8, 4) is 11.5 Å². The van der Waals surface area contributed by atoms with Gasteiger partial charge in [0.1, 0.15) is 23.2 Å². The van der Waals surface area contributed by atoms with Gasteiger partial charge in [-0.25, -0.2) is 4.79 Å². The third-order valence-corrected chi connectivity index (χ3v) is 5.32. The van der Waals surface area contributed by atoms with Crippen LogP contribution >= 0.6 is 0 Å². The number of benzene rings is 1. The molecule has 3 rings (SSSR count). The van der Waals surface area contributed by atoms with Gasteiger partial charge in [0.05, 0.1) is 5.54 Å². The number of carbonyl (C=O) groups is 2. The Morgan fingerprint density at radius 2 is 1.97 bits per heavy atom. The molecule has 2 aliphatic heterocycles. The molecule has 0 atom stereocenters. The number of nitrogens with two attached hydrogens (primary N) is 1. The molecule has 11 heteroatoms. The molecule has 0 unspecified atom stereocenters. The third-order valence-electron chi connectivity index (χ3n) is 5.32. The van der Waals surface area contributed by atoms with E-state index in [4.69, 9.17) is 20.5 Å². The summed E-state index contributed by atoms with van der Waals surface area (Å²) in [5.74, 6) is -1.66. The summed E-state index contributed by atoms with van der Waals surface area (Å²) in [6.45, 7) is 4.31. The number of carboxylic acids is 1. The second kappa shape index (κ2) is 8.19. The first-order valence-electron chi connectivity index (χ1n) is 9.45. The number of phenols is 1. The van der Waals surface area contributed by atoms with Crippen LogP contribution in [0.25, 0.3) is 0 Å². The van der Waals surface area contributed by atoms with Crippen LogP contribution in [0.4, 0.5) is 0 Å². The number of nitrogens with zero attached hydrogens (tertiary/aromatic N) is 2. The second-order valence-electron chi connectivity index (χ2n) is 7.94. The van der Waals surface area contributed by atoms with Gasteiger partial charge in [0.15, 0.2) is 0 Å². The average molecular weight is 407 g/mol. The minimum absolute atomic E-state index is 0.00819. The lowest BCUT2D eigenvalue weighted by atomic mass is 9.82. The molecule has 0 saturated carbocycles. The number of aromatic hydroxyl groups is 1. The smallest absolute Gasteiger partial charge is 0.451 e. The van der Waals surface area contributed by atoms with Gasteiger partial charge in [0, 0.05) is 39.6 Å². The van der Waals surface area contributed by atoms with Gasteiger partial charge in [-0.2, -0.15) is 0 Å². The predicted octanol–water partition coefficient (Wildman–Crippen LogP) is -1.27. The van der Waals surface area contributed by atoms with Crippen molar-refractivity contribution in [3.63, 3.8) is 0 Å². The van der Waals surface area contributed by atoms with Gasteiger partial charge in [-0.3, -0.25) is 9.69 Å². The molecule has 1 aromatic carbocycles. The number of hydrogen-bond donors (Lipinski definition) is 5. The van der Waals surface area contributed by atoms with Crippen molar-refractivity contribution in [3.05, 3.63) is 23.3 Å². The second-order valence-corrected chi connectivity index (χ2v) is 7.94. The lowest BCUT2D eigenvalue weighted by Gasteiger charge is -2.52. The molecule has 6 N–H and O–H groups in total. The quantitative estimate of drug-likeness (QED) is 0.332. The Morgan fingerprint density at radius 3 is 2.52 bits per heavy atom. The van der Waals surface area contributed by atoms with E-state index in [-0.39, 0.29) is 36.1 Å². The van der Waals surface area contributed by atoms with Crippen LogP contribution < -0.4 is 10.5 Å². The lowest BCUT2D eigenvalue weighted by molar-refractivity contribution is -0.137. The van der Waals surface area contributed by atoms with E-state index in [1.54, 1.807) is 4.90 Å². The zero-order valence-corrected chi connectivity index (χ0v) is 16.2. The van der Waals surface area contributed by atoms with Crippen molar-refractivity contribution in [2.24, 2.45) is 5.73 Å². The van der Waals surface area contributed by atoms with Crippen molar-refractivity contribution in [2.45, 2.75) is 31.3 Å². The van der Waals surface area contributed by atoms with Gasteiger partial charge >= 0.3 is 13.1 Å². The van der Waals surface area contributed by atoms with Gasteiger partial charge in [0.25, 0.3) is 0 Å². The van der Waals surface area contributed by atoms with Gasteiger partial charge in [-0.05, 0) is 24.4 Å². The topological polar surface area (TPSA) is 157 Å². The van der Waals surface area contributed by atoms with Crippen LogP contribution in [-0.4, -0.2) is 93.4 Å². The number of aromatic carboxylic acids is 1. The van der Waals surface area contributed by atoms with E-state index in [1.165, 1.54) is 19.1 Å². The molecule has 2 aliphatic rings. The highest BCUT2D eigenvalue weighted by molar-refractivity contribution is 6.41. The molecule has 0 bridgehead atoms. The van der Waals surface area contributed by atoms with Crippen molar-refractivity contribution >= 4 is 19.0 Å². The standard InChI is InChI=1S/C18H26BN3O7/c1-11(23)22-9-18(20,10-22)8-21-6-13(7-21)29-14-3-2-12(4-5-19(27)28)16(24)15(14)17(25)26/h2-3,13,24,27-28H,4-10,20H2,1H3,(H,25,26). The largest absolute Gasteiger partial charge is 0.507 e. The Bertz CT molecular complexity index is 792. The molecule has 10 nitrogen and oxygen atoms in total. The van der Waals surface area contributed by atoms with Crippen LogP contribution in [0.2, 0.25) is 6.32 Å². The molecule has 2 heterocycles. The van der Waals surface area contributed by atoms with Crippen molar-refractivity contribution < 1.29 is 34.6 Å². The van der Waals surface area contributed by atoms with Gasteiger partial charge in [-0.1, -0.05) is 6.07 Å². The first-order valence-corrected chi connectivity index (χ1v) is 9.45. The number of amides is 1. The lowest BCUT2D eigenvalue weighted by Crippen LogP contribution is -2.74. The monoisotopic (exact) mass is 407 g/mol. The van der Waals surface area contributed by atoms with Crippen molar-refractivity contribution in [1.82, 2.24) is 9.80 Å². The predicted molar refractivity (Wildman–Crippen MR) is 104 cm³/mol. The summed E-state index contributed by atoms with van der Waals surface area (Å²) in [4.78, 5) is 26.7. The SMILES string of the molecule is CC(=O)N1CC(N)(CN2CC(Oc3ccc(CCB(O)O)c(O)c3C(=O)O)C2)C1. The van der Waals surface area contributed by atoms with Crippen LogP contribution in [0, 0.1) is 0 Å². The Hall–Kier alpha value is -2.34. The number of likely N-dealkylation sites (tertiary alicyclic amines) is 2. The van der Waals surface area contributed by atoms with E-state index in [0.29, 0.717) is 38.3 Å². The first-order chi connectivity index (χ1) is 13.6. The molecule has 2 saturated heterocycles. The maximum atomic E-state index is 11.6. The first kappa shape index (κ1) is 21.4. The highest BCUT2D eigenvalue weighted by atomic mass is 16.5. The van der Waals surface area contributed by atoms with E-state index >= 15 is 0 Å². The van der Waals surface area contributed by atoms with Crippen LogP contribution in [-0.2, 0) is 11.2 Å². The molecular weight excluding hydrogens is 381 g/mol. The zero-order valence-electron chi connectivity index (χ0n) is 16.2. The fourth-order valence-corrected chi connectivity index (χ4v) is 3.79. The van der Waals surface area contributed by atoms with E-state index in [1.807, 2.05) is 0 Å². The van der Waals surface area contributed by atoms with Gasteiger partial charge < -0.3 is 35.6 Å². The molecule has 0 aliphatic carbocycles. The summed E-state index contributed by atoms with van der Waals surface area (Å²) < 4.78 is 5.77. The molecule has 0 spiro atoms. The van der Waals surface area contributed by atoms with Crippen LogP contribution in [0.15, 0.2) is 12.1 Å². The van der Waals surface area contributed by atoms with Gasteiger partial charge in [0.2, 0.25) is 5.91 Å². The summed E-state index contributed by atoms with van der Waals surface area (Å²) in [6, 6.07) is 3.00. The number of carbonyl (C=O) groups excluding carboxylic acids is 1. The third kappa shape index (κ3) is 4.81. The van der Waals surface area contributed by atoms with E-state index in [2.05, 4.69) is 4.90 Å². The summed E-state index contributed by atoms with van der Waals surface area (Å²) in [7, 11) is -1.54. The van der Waals surface area contributed by atoms with Gasteiger partial charge in [-0.15, -0.1) is 0 Å². The van der Waals surface area contributed by atoms with Crippen LogP contribution in [0.5, 0.6) is 11.5 Å². The average Bonchev–Trinajstić information content (AvgIpc) is 2.56. The van der Waals surface area contributed by atoms with Crippen LogP contribution in [0.3, 0.4) is 0 Å². The van der Waals surface area contributed by atoms with Crippen molar-refractivity contribution in [1.29, 1.82) is 0 Å². The number of rotatable bonds is 8. The van der Waals surface area contributed by atoms with E-state index in [0.717, 1.165) is 0 Å². The normalized spacial score (nSPS) is 18.7. The zero-order chi connectivity index (χ0) is 21.3. The Kier molecular flexibility index (Phi) is 6.04. The summed E-state index contributed by atoms with van der Waals surface area (Å²) in [5.41, 5.74) is 5.81. The molecule has 2 fully saturated rings. The summed E-state index contributed by atoms with van der Waals surface area (Å²) in [5, 5.41) is 37.7. The number of hydrogen-bond acceptors (Lipinski definition) is 8. The maximum Gasteiger partial charge on any atom is 0.451 e. The molecular formula is C18H26BN3O7. The van der Waals surface area contributed by atoms with E-state index in [9.17, 15) is 19.8 Å². The fourth-order valence-electron chi connectivity index (χ4n) is 3.79. The molecule has 29 heavy (non-hydrogen) atoms. The number of aryl methyl sites for hydroxylation is 1. The number of carboxylic acid groups (broad SMARTS) is 1. The summed E-state index contributed by atoms with van der Waals surface area (Å²) in [6.07, 6.45) is -0.131. The summed E-state index contributed by atoms with van der Waals surface area (Å²) >= 11 is 0. The maximum absolute atomic E-state index is 11.6. The highest BCUT2D eigenvalue weighted by Gasteiger charge is 2.44. The number of ether oxygens (including phenoxy) is 1. The molecule has 1 amide bonds. The minimum Gasteiger partial charge on any atom is -0.507 e. The molecule has 1 aromatic rings. The van der Waals surface area contributed by atoms with Crippen LogP contribution in [0.1, 0.15) is 22.8 Å². The highest BCUT2D eigenvalue weighted by Crippen LogP contribution is 2.34. The fraction of sp³-hybridized carbons (Fsp3) is 0.556. The molecule has 158 valence electrons. The molecule has 0 radical (unpaired) electrons. The Morgan fingerprint density at radius 1 is 1.31 bits per heavy atom. The Balaban J connectivity index is 1.57. The minimum atomic E-state index is -1.54. The van der Waals surface area contributed by atoms with E-state index < -0.39 is 24.4 Å². The molecule has 0 aromatic heterocycles. The Labute approximate surface area is 168 Å².